The van der Waals surface area contributed by atoms with Crippen LogP contribution in [0.25, 0.3) is 0 Å². The zero-order chi connectivity index (χ0) is 11.3. The first-order valence-electron chi connectivity index (χ1n) is 4.87. The summed E-state index contributed by atoms with van der Waals surface area (Å²) >= 11 is 5.08. The van der Waals surface area contributed by atoms with Crippen molar-refractivity contribution < 1.29 is 5.11 Å². The number of hydrogen-bond donors (Lipinski definition) is 2. The highest BCUT2D eigenvalue weighted by atomic mass is 79.9. The highest BCUT2D eigenvalue weighted by Crippen LogP contribution is 2.26. The van der Waals surface area contributed by atoms with Crippen molar-refractivity contribution in [1.82, 2.24) is 10.2 Å². The molecular weight excluding hydrogens is 276 g/mol. The van der Waals surface area contributed by atoms with Crippen LogP contribution in [0.5, 0.6) is 0 Å². The minimum Gasteiger partial charge on any atom is -0.394 e. The van der Waals surface area contributed by atoms with Crippen LogP contribution < -0.4 is 5.32 Å². The molecule has 0 saturated heterocycles. The van der Waals surface area contributed by atoms with Crippen LogP contribution in [0, 0.1) is 0 Å². The summed E-state index contributed by atoms with van der Waals surface area (Å²) in [5, 5.41) is 12.6. The normalized spacial score (nSPS) is 13.4. The molecule has 0 aliphatic heterocycles. The van der Waals surface area contributed by atoms with Crippen LogP contribution in [0.1, 0.15) is 10.9 Å². The lowest BCUT2D eigenvalue weighted by Gasteiger charge is -2.16. The standard InChI is InChI=1S/C10H17BrN2OS/c1-13(2)6-5-12-8(7-14)9-3-4-10(11)15-9/h3-4,8,12,14H,5-7H2,1-2H3. The van der Waals surface area contributed by atoms with E-state index in [0.717, 1.165) is 16.9 Å². The summed E-state index contributed by atoms with van der Waals surface area (Å²) in [5.41, 5.74) is 0. The van der Waals surface area contributed by atoms with E-state index in [9.17, 15) is 5.11 Å². The van der Waals surface area contributed by atoms with E-state index in [1.807, 2.05) is 26.2 Å². The lowest BCUT2D eigenvalue weighted by molar-refractivity contribution is 0.242. The molecule has 1 aromatic rings. The van der Waals surface area contributed by atoms with Gasteiger partial charge in [-0.1, -0.05) is 0 Å². The van der Waals surface area contributed by atoms with Crippen LogP contribution in [-0.4, -0.2) is 43.8 Å². The van der Waals surface area contributed by atoms with Crippen molar-refractivity contribution >= 4 is 27.3 Å². The Morgan fingerprint density at radius 3 is 2.73 bits per heavy atom. The molecule has 15 heavy (non-hydrogen) atoms. The molecule has 1 aromatic heterocycles. The predicted octanol–water partition coefficient (Wildman–Crippen LogP) is 1.70. The Kier molecular flexibility index (Phi) is 5.78. The quantitative estimate of drug-likeness (QED) is 0.838. The SMILES string of the molecule is CN(C)CCNC(CO)c1ccc(Br)s1. The van der Waals surface area contributed by atoms with E-state index in [-0.39, 0.29) is 12.6 Å². The number of aliphatic hydroxyl groups is 1. The average molecular weight is 293 g/mol. The summed E-state index contributed by atoms with van der Waals surface area (Å²) < 4.78 is 1.10. The summed E-state index contributed by atoms with van der Waals surface area (Å²) in [5.74, 6) is 0. The second kappa shape index (κ2) is 6.60. The number of aliphatic hydroxyl groups excluding tert-OH is 1. The highest BCUT2D eigenvalue weighted by Gasteiger charge is 2.11. The molecule has 5 heteroatoms. The molecule has 2 N–H and O–H groups in total. The maximum Gasteiger partial charge on any atom is 0.0702 e. The average Bonchev–Trinajstić information content (AvgIpc) is 2.59. The molecule has 1 heterocycles. The van der Waals surface area contributed by atoms with Crippen molar-refractivity contribution in [3.05, 3.63) is 20.8 Å². The second-order valence-corrected chi connectivity index (χ2v) is 6.13. The number of nitrogens with one attached hydrogen (secondary N) is 1. The van der Waals surface area contributed by atoms with Gasteiger partial charge in [-0.25, -0.2) is 0 Å². The first-order chi connectivity index (χ1) is 7.13. The fraction of sp³-hybridized carbons (Fsp3) is 0.600. The third-order valence-electron chi connectivity index (χ3n) is 2.07. The first-order valence-corrected chi connectivity index (χ1v) is 6.48. The van der Waals surface area contributed by atoms with Crippen molar-refractivity contribution in [3.63, 3.8) is 0 Å². The Bertz CT molecular complexity index is 291. The molecule has 3 nitrogen and oxygen atoms in total. The molecule has 0 aromatic carbocycles. The Hall–Kier alpha value is 0.0600. The third-order valence-corrected chi connectivity index (χ3v) is 3.81. The summed E-state index contributed by atoms with van der Waals surface area (Å²) in [7, 11) is 4.08. The third kappa shape index (κ3) is 4.61. The van der Waals surface area contributed by atoms with Crippen LogP contribution in [0.4, 0.5) is 0 Å². The molecule has 0 bridgehead atoms. The van der Waals surface area contributed by atoms with E-state index >= 15 is 0 Å². The molecule has 0 aliphatic carbocycles. The summed E-state index contributed by atoms with van der Waals surface area (Å²) in [6.07, 6.45) is 0. The van der Waals surface area contributed by atoms with Gasteiger partial charge in [-0.15, -0.1) is 11.3 Å². The number of thiophene rings is 1. The van der Waals surface area contributed by atoms with Gasteiger partial charge in [0.25, 0.3) is 0 Å². The van der Waals surface area contributed by atoms with Crippen molar-refractivity contribution in [2.45, 2.75) is 6.04 Å². The molecule has 1 atom stereocenters. The smallest absolute Gasteiger partial charge is 0.0702 e. The van der Waals surface area contributed by atoms with E-state index in [4.69, 9.17) is 0 Å². The summed E-state index contributed by atoms with van der Waals surface area (Å²) in [6.45, 7) is 2.00. The van der Waals surface area contributed by atoms with Crippen LogP contribution in [0.2, 0.25) is 0 Å². The van der Waals surface area contributed by atoms with Gasteiger partial charge >= 0.3 is 0 Å². The predicted molar refractivity (Wildman–Crippen MR) is 68.4 cm³/mol. The van der Waals surface area contributed by atoms with Gasteiger partial charge in [0.15, 0.2) is 0 Å². The molecule has 0 radical (unpaired) electrons. The van der Waals surface area contributed by atoms with Gasteiger partial charge in [0, 0.05) is 18.0 Å². The van der Waals surface area contributed by atoms with Gasteiger partial charge < -0.3 is 15.3 Å². The van der Waals surface area contributed by atoms with Crippen molar-refractivity contribution in [3.8, 4) is 0 Å². The number of hydrogen-bond acceptors (Lipinski definition) is 4. The topological polar surface area (TPSA) is 35.5 Å². The van der Waals surface area contributed by atoms with Gasteiger partial charge in [0.1, 0.15) is 0 Å². The monoisotopic (exact) mass is 292 g/mol. The van der Waals surface area contributed by atoms with Gasteiger partial charge in [-0.05, 0) is 42.2 Å². The summed E-state index contributed by atoms with van der Waals surface area (Å²) in [4.78, 5) is 3.29. The Morgan fingerprint density at radius 2 is 2.27 bits per heavy atom. The van der Waals surface area contributed by atoms with Crippen LogP contribution in [0.15, 0.2) is 15.9 Å². The number of rotatable bonds is 6. The molecule has 0 spiro atoms. The molecule has 1 rings (SSSR count). The minimum absolute atomic E-state index is 0.0567. The minimum atomic E-state index is 0.0567. The Labute approximate surface area is 103 Å². The first kappa shape index (κ1) is 13.1. The fourth-order valence-electron chi connectivity index (χ4n) is 1.23. The maximum atomic E-state index is 9.27. The van der Waals surface area contributed by atoms with E-state index in [1.165, 1.54) is 4.88 Å². The Morgan fingerprint density at radius 1 is 1.53 bits per heavy atom. The molecule has 0 aliphatic rings. The summed E-state index contributed by atoms with van der Waals surface area (Å²) in [6, 6.07) is 4.11. The lowest BCUT2D eigenvalue weighted by Crippen LogP contribution is -2.31. The van der Waals surface area contributed by atoms with E-state index in [0.29, 0.717) is 0 Å². The largest absolute Gasteiger partial charge is 0.394 e. The zero-order valence-corrected chi connectivity index (χ0v) is 11.4. The van der Waals surface area contributed by atoms with E-state index < -0.39 is 0 Å². The molecule has 0 amide bonds. The van der Waals surface area contributed by atoms with Crippen molar-refractivity contribution in [1.29, 1.82) is 0 Å². The lowest BCUT2D eigenvalue weighted by atomic mass is 10.2. The molecule has 86 valence electrons. The zero-order valence-electron chi connectivity index (χ0n) is 9.03. The Balaban J connectivity index is 2.42. The fourth-order valence-corrected chi connectivity index (χ4v) is 2.72. The van der Waals surface area contributed by atoms with Crippen molar-refractivity contribution in [2.24, 2.45) is 0 Å². The van der Waals surface area contributed by atoms with Crippen molar-refractivity contribution in [2.75, 3.05) is 33.8 Å². The van der Waals surface area contributed by atoms with Gasteiger partial charge in [0.2, 0.25) is 0 Å². The maximum absolute atomic E-state index is 9.27. The molecule has 1 unspecified atom stereocenters. The molecular formula is C10H17BrN2OS. The molecule has 0 saturated carbocycles. The number of halogens is 1. The number of nitrogens with zero attached hydrogens (tertiary/aromatic N) is 1. The molecule has 0 fully saturated rings. The van der Waals surface area contributed by atoms with E-state index in [1.54, 1.807) is 11.3 Å². The van der Waals surface area contributed by atoms with Gasteiger partial charge in [0.05, 0.1) is 16.4 Å². The van der Waals surface area contributed by atoms with E-state index in [2.05, 4.69) is 26.1 Å². The van der Waals surface area contributed by atoms with Crippen LogP contribution in [-0.2, 0) is 0 Å². The van der Waals surface area contributed by atoms with Gasteiger partial charge in [-0.3, -0.25) is 0 Å². The van der Waals surface area contributed by atoms with Gasteiger partial charge in [-0.2, -0.15) is 0 Å². The van der Waals surface area contributed by atoms with Crippen LogP contribution >= 0.6 is 27.3 Å². The number of likely N-dealkylation sites (N-methyl/N-ethyl adjacent to an activating group) is 1. The van der Waals surface area contributed by atoms with Crippen LogP contribution in [0.3, 0.4) is 0 Å². The highest BCUT2D eigenvalue weighted by molar-refractivity contribution is 9.11. The second-order valence-electron chi connectivity index (χ2n) is 3.63.